The molecule has 0 radical (unpaired) electrons. The highest BCUT2D eigenvalue weighted by Gasteiger charge is 2.59. The Balaban J connectivity index is 2.32. The van der Waals surface area contributed by atoms with Gasteiger partial charge in [0.25, 0.3) is 0 Å². The molecular weight excluding hydrogens is 275 g/mol. The molecule has 0 bridgehead atoms. The van der Waals surface area contributed by atoms with Gasteiger partial charge in [0.2, 0.25) is 5.54 Å². The lowest BCUT2D eigenvalue weighted by atomic mass is 9.81. The Kier molecular flexibility index (Phi) is 3.64. The maximum Gasteiger partial charge on any atom is 0.417 e. The molecule has 0 amide bonds. The highest BCUT2D eigenvalue weighted by molar-refractivity contribution is 5.79. The molecule has 1 heterocycles. The topological polar surface area (TPSA) is 72.5 Å². The number of carbonyl (C=O) groups is 1. The summed E-state index contributed by atoms with van der Waals surface area (Å²) < 4.78 is 44.2. The highest BCUT2D eigenvalue weighted by Crippen LogP contribution is 2.42. The summed E-state index contributed by atoms with van der Waals surface area (Å²) in [4.78, 5) is 11.0. The fourth-order valence-corrected chi connectivity index (χ4v) is 2.34. The summed E-state index contributed by atoms with van der Waals surface area (Å²) in [6.07, 6.45) is -5.41. The molecule has 20 heavy (non-hydrogen) atoms. The molecule has 2 rings (SSSR count). The van der Waals surface area contributed by atoms with Gasteiger partial charge >= 0.3 is 12.1 Å². The third-order valence-corrected chi connectivity index (χ3v) is 3.54. The van der Waals surface area contributed by atoms with Crippen molar-refractivity contribution in [2.45, 2.75) is 30.5 Å². The number of benzene rings is 1. The van der Waals surface area contributed by atoms with Crippen molar-refractivity contribution in [3.63, 3.8) is 0 Å². The van der Waals surface area contributed by atoms with E-state index in [1.54, 1.807) is 24.3 Å². The van der Waals surface area contributed by atoms with E-state index >= 15 is 0 Å². The fraction of sp³-hybridized carbons (Fsp3) is 0.462. The van der Waals surface area contributed by atoms with Crippen LogP contribution in [-0.4, -0.2) is 29.4 Å². The average molecular weight is 289 g/mol. The zero-order valence-electron chi connectivity index (χ0n) is 10.5. The molecule has 2 unspecified atom stereocenters. The van der Waals surface area contributed by atoms with E-state index in [1.165, 1.54) is 0 Å². The minimum atomic E-state index is -5.01. The van der Waals surface area contributed by atoms with Crippen LogP contribution in [0, 0.1) is 0 Å². The van der Waals surface area contributed by atoms with Crippen molar-refractivity contribution < 1.29 is 27.8 Å². The summed E-state index contributed by atoms with van der Waals surface area (Å²) in [5, 5.41) is 8.87. The van der Waals surface area contributed by atoms with Crippen LogP contribution in [0.15, 0.2) is 24.3 Å². The van der Waals surface area contributed by atoms with Crippen LogP contribution in [0.4, 0.5) is 13.2 Å². The number of fused-ring (bicyclic) bond motifs is 1. The minimum Gasteiger partial charge on any atom is -0.493 e. The Bertz CT molecular complexity index is 518. The van der Waals surface area contributed by atoms with Gasteiger partial charge in [-0.15, -0.1) is 0 Å². The van der Waals surface area contributed by atoms with Crippen molar-refractivity contribution >= 4 is 5.97 Å². The first-order valence-electron chi connectivity index (χ1n) is 6.06. The molecule has 4 nitrogen and oxygen atoms in total. The number of hydrogen-bond donors (Lipinski definition) is 2. The van der Waals surface area contributed by atoms with Crippen LogP contribution in [0.3, 0.4) is 0 Å². The van der Waals surface area contributed by atoms with E-state index in [-0.39, 0.29) is 6.61 Å². The minimum absolute atomic E-state index is 0.245. The molecule has 0 aromatic heterocycles. The average Bonchev–Trinajstić information content (AvgIpc) is 2.37. The zero-order chi connectivity index (χ0) is 15.0. The quantitative estimate of drug-likeness (QED) is 0.895. The van der Waals surface area contributed by atoms with Crippen molar-refractivity contribution in [2.24, 2.45) is 5.73 Å². The first-order chi connectivity index (χ1) is 9.25. The second-order valence-corrected chi connectivity index (χ2v) is 4.85. The van der Waals surface area contributed by atoms with Gasteiger partial charge in [-0.3, -0.25) is 0 Å². The SMILES string of the molecule is NC(CC1CCOc2ccccc21)(C(=O)O)C(F)(F)F. The van der Waals surface area contributed by atoms with E-state index in [9.17, 15) is 18.0 Å². The van der Waals surface area contributed by atoms with Crippen LogP contribution in [0.5, 0.6) is 5.75 Å². The second-order valence-electron chi connectivity index (χ2n) is 4.85. The summed E-state index contributed by atoms with van der Waals surface area (Å²) in [6, 6.07) is 6.66. The van der Waals surface area contributed by atoms with Crippen LogP contribution in [-0.2, 0) is 4.79 Å². The van der Waals surface area contributed by atoms with E-state index in [2.05, 4.69) is 0 Å². The molecule has 0 fully saturated rings. The van der Waals surface area contributed by atoms with Crippen molar-refractivity contribution in [3.8, 4) is 5.75 Å². The molecule has 3 N–H and O–H groups in total. The predicted octanol–water partition coefficient (Wildman–Crippen LogP) is 2.29. The fourth-order valence-electron chi connectivity index (χ4n) is 2.34. The van der Waals surface area contributed by atoms with E-state index in [4.69, 9.17) is 15.6 Å². The molecule has 7 heteroatoms. The largest absolute Gasteiger partial charge is 0.493 e. The number of halogens is 3. The number of hydrogen-bond acceptors (Lipinski definition) is 3. The van der Waals surface area contributed by atoms with Crippen LogP contribution in [0.1, 0.15) is 24.3 Å². The lowest BCUT2D eigenvalue weighted by Gasteiger charge is -2.33. The summed E-state index contributed by atoms with van der Waals surface area (Å²) in [6.45, 7) is 0.245. The Morgan fingerprint density at radius 3 is 2.65 bits per heavy atom. The number of carboxylic acids is 1. The normalized spacial score (nSPS) is 21.5. The third kappa shape index (κ3) is 2.45. The zero-order valence-corrected chi connectivity index (χ0v) is 10.5. The Morgan fingerprint density at radius 2 is 2.05 bits per heavy atom. The molecule has 110 valence electrons. The lowest BCUT2D eigenvalue weighted by molar-refractivity contribution is -0.204. The second kappa shape index (κ2) is 4.97. The summed E-state index contributed by atoms with van der Waals surface area (Å²) in [7, 11) is 0. The van der Waals surface area contributed by atoms with E-state index in [1.807, 2.05) is 0 Å². The smallest absolute Gasteiger partial charge is 0.417 e. The van der Waals surface area contributed by atoms with Gasteiger partial charge in [0.1, 0.15) is 5.75 Å². The molecular formula is C13H14F3NO3. The number of ether oxygens (including phenoxy) is 1. The van der Waals surface area contributed by atoms with E-state index in [0.29, 0.717) is 17.7 Å². The number of aliphatic carboxylic acids is 1. The first kappa shape index (κ1) is 14.6. The summed E-state index contributed by atoms with van der Waals surface area (Å²) >= 11 is 0. The van der Waals surface area contributed by atoms with Gasteiger partial charge in [-0.1, -0.05) is 18.2 Å². The molecule has 0 spiro atoms. The Hall–Kier alpha value is -1.76. The monoisotopic (exact) mass is 289 g/mol. The molecule has 1 aromatic rings. The van der Waals surface area contributed by atoms with Crippen LogP contribution < -0.4 is 10.5 Å². The Labute approximate surface area is 113 Å². The number of carboxylic acid groups (broad SMARTS) is 1. The van der Waals surface area contributed by atoms with Gasteiger partial charge in [0.05, 0.1) is 6.61 Å². The van der Waals surface area contributed by atoms with Crippen molar-refractivity contribution in [1.29, 1.82) is 0 Å². The molecule has 1 aromatic carbocycles. The number of rotatable bonds is 3. The van der Waals surface area contributed by atoms with Crippen molar-refractivity contribution in [3.05, 3.63) is 29.8 Å². The molecule has 0 saturated carbocycles. The number of para-hydroxylation sites is 1. The van der Waals surface area contributed by atoms with Gasteiger partial charge in [0.15, 0.2) is 0 Å². The number of nitrogens with two attached hydrogens (primary N) is 1. The number of alkyl halides is 3. The molecule has 2 atom stereocenters. The van der Waals surface area contributed by atoms with Crippen molar-refractivity contribution in [2.75, 3.05) is 6.61 Å². The Morgan fingerprint density at radius 1 is 1.40 bits per heavy atom. The molecule has 0 aliphatic carbocycles. The van der Waals surface area contributed by atoms with Crippen LogP contribution in [0.2, 0.25) is 0 Å². The molecule has 1 aliphatic heterocycles. The van der Waals surface area contributed by atoms with Gasteiger partial charge in [-0.2, -0.15) is 13.2 Å². The molecule has 1 aliphatic rings. The lowest BCUT2D eigenvalue weighted by Crippen LogP contribution is -2.60. The van der Waals surface area contributed by atoms with Crippen LogP contribution >= 0.6 is 0 Å². The van der Waals surface area contributed by atoms with Crippen molar-refractivity contribution in [1.82, 2.24) is 0 Å². The third-order valence-electron chi connectivity index (χ3n) is 3.54. The standard InChI is InChI=1S/C13H14F3NO3/c14-13(15,16)12(17,11(18)19)7-8-5-6-20-10-4-2-1-3-9(8)10/h1-4,8H,5-7,17H2,(H,18,19). The van der Waals surface area contributed by atoms with Gasteiger partial charge in [-0.05, 0) is 30.4 Å². The predicted molar refractivity (Wildman–Crippen MR) is 64.5 cm³/mol. The van der Waals surface area contributed by atoms with E-state index in [0.717, 1.165) is 0 Å². The van der Waals surface area contributed by atoms with Gasteiger partial charge in [-0.25, -0.2) is 4.79 Å². The van der Waals surface area contributed by atoms with Crippen LogP contribution in [0.25, 0.3) is 0 Å². The van der Waals surface area contributed by atoms with Gasteiger partial charge in [0, 0.05) is 0 Å². The van der Waals surface area contributed by atoms with E-state index < -0.39 is 30.0 Å². The maximum absolute atomic E-state index is 12.9. The maximum atomic E-state index is 12.9. The van der Waals surface area contributed by atoms with Gasteiger partial charge < -0.3 is 15.6 Å². The first-order valence-corrected chi connectivity index (χ1v) is 6.06. The summed E-state index contributed by atoms with van der Waals surface area (Å²) in [5.41, 5.74) is 2.46. The summed E-state index contributed by atoms with van der Waals surface area (Å²) in [5.74, 6) is -2.17. The molecule has 0 saturated heterocycles. The highest BCUT2D eigenvalue weighted by atomic mass is 19.4.